The third-order valence-corrected chi connectivity index (χ3v) is 4.27. The Morgan fingerprint density at radius 2 is 1.94 bits per heavy atom. The van der Waals surface area contributed by atoms with Gasteiger partial charge < -0.3 is 10.0 Å². The first-order chi connectivity index (χ1) is 8.65. The number of rotatable bonds is 2. The Kier molecular flexibility index (Phi) is 2.73. The molecule has 2 aliphatic rings. The minimum atomic E-state index is -1.21. The highest BCUT2D eigenvalue weighted by atomic mass is 19.1. The molecule has 0 spiro atoms. The van der Waals surface area contributed by atoms with Crippen molar-refractivity contribution in [3.8, 4) is 0 Å². The van der Waals surface area contributed by atoms with Crippen LogP contribution in [0.1, 0.15) is 29.6 Å². The lowest BCUT2D eigenvalue weighted by Gasteiger charge is -2.19. The molecule has 0 amide bonds. The molecule has 0 bridgehead atoms. The summed E-state index contributed by atoms with van der Waals surface area (Å²) < 4.78 is 13.6. The SMILES string of the molecule is O=C(O)c1ccc(N2CC3CCCC3C2)cc1F. The van der Waals surface area contributed by atoms with Gasteiger partial charge in [-0.25, -0.2) is 9.18 Å². The van der Waals surface area contributed by atoms with Gasteiger partial charge >= 0.3 is 5.97 Å². The summed E-state index contributed by atoms with van der Waals surface area (Å²) in [6.07, 6.45) is 3.86. The van der Waals surface area contributed by atoms with E-state index in [1.807, 2.05) is 0 Å². The Morgan fingerprint density at radius 3 is 2.50 bits per heavy atom. The topological polar surface area (TPSA) is 40.5 Å². The highest BCUT2D eigenvalue weighted by Gasteiger charge is 2.36. The van der Waals surface area contributed by atoms with E-state index in [0.29, 0.717) is 0 Å². The normalized spacial score (nSPS) is 26.4. The second-order valence-corrected chi connectivity index (χ2v) is 5.33. The van der Waals surface area contributed by atoms with Gasteiger partial charge in [0.2, 0.25) is 0 Å². The largest absolute Gasteiger partial charge is 0.478 e. The maximum absolute atomic E-state index is 13.6. The summed E-state index contributed by atoms with van der Waals surface area (Å²) >= 11 is 0. The van der Waals surface area contributed by atoms with Gasteiger partial charge in [-0.15, -0.1) is 0 Å². The molecule has 1 saturated heterocycles. The van der Waals surface area contributed by atoms with E-state index in [1.54, 1.807) is 6.07 Å². The Hall–Kier alpha value is -1.58. The number of carboxylic acids is 1. The maximum atomic E-state index is 13.6. The molecule has 1 saturated carbocycles. The van der Waals surface area contributed by atoms with Crippen LogP contribution in [0.25, 0.3) is 0 Å². The molecule has 1 aliphatic carbocycles. The number of aromatic carboxylic acids is 1. The number of benzene rings is 1. The molecular formula is C14H16FNO2. The quantitative estimate of drug-likeness (QED) is 0.876. The molecule has 2 atom stereocenters. The zero-order chi connectivity index (χ0) is 12.7. The van der Waals surface area contributed by atoms with Gasteiger partial charge in [0.05, 0.1) is 5.56 Å². The number of anilines is 1. The molecule has 2 fully saturated rings. The van der Waals surface area contributed by atoms with Gasteiger partial charge in [0.1, 0.15) is 5.82 Å². The summed E-state index contributed by atoms with van der Waals surface area (Å²) in [7, 11) is 0. The van der Waals surface area contributed by atoms with E-state index in [1.165, 1.54) is 31.4 Å². The van der Waals surface area contributed by atoms with Crippen LogP contribution < -0.4 is 4.90 Å². The molecule has 3 nitrogen and oxygen atoms in total. The molecule has 2 unspecified atom stereocenters. The molecular weight excluding hydrogens is 233 g/mol. The van der Waals surface area contributed by atoms with Crippen LogP contribution in [0.15, 0.2) is 18.2 Å². The minimum absolute atomic E-state index is 0.252. The van der Waals surface area contributed by atoms with Crippen LogP contribution in [0.2, 0.25) is 0 Å². The van der Waals surface area contributed by atoms with Crippen LogP contribution in [0.5, 0.6) is 0 Å². The molecule has 1 aliphatic heterocycles. The Balaban J connectivity index is 1.81. The van der Waals surface area contributed by atoms with Crippen molar-refractivity contribution in [3.63, 3.8) is 0 Å². The van der Waals surface area contributed by atoms with Crippen LogP contribution in [0, 0.1) is 17.7 Å². The summed E-state index contributed by atoms with van der Waals surface area (Å²) in [5, 5.41) is 8.80. The Labute approximate surface area is 105 Å². The summed E-state index contributed by atoms with van der Waals surface area (Å²) in [4.78, 5) is 12.9. The lowest BCUT2D eigenvalue weighted by atomic mass is 10.0. The molecule has 3 rings (SSSR count). The van der Waals surface area contributed by atoms with E-state index in [9.17, 15) is 9.18 Å². The highest BCUT2D eigenvalue weighted by molar-refractivity contribution is 5.88. The molecule has 4 heteroatoms. The minimum Gasteiger partial charge on any atom is -0.478 e. The summed E-state index contributed by atoms with van der Waals surface area (Å²) in [5.74, 6) is -0.367. The number of hydrogen-bond acceptors (Lipinski definition) is 2. The van der Waals surface area contributed by atoms with Gasteiger partial charge in [0, 0.05) is 18.8 Å². The number of fused-ring (bicyclic) bond motifs is 1. The van der Waals surface area contributed by atoms with Crippen molar-refractivity contribution in [2.45, 2.75) is 19.3 Å². The standard InChI is InChI=1S/C14H16FNO2/c15-13-6-11(4-5-12(13)14(17)18)16-7-9-2-1-3-10(9)8-16/h4-6,9-10H,1-3,7-8H2,(H,17,18). The third kappa shape index (κ3) is 1.85. The van der Waals surface area contributed by atoms with Crippen molar-refractivity contribution >= 4 is 11.7 Å². The fraction of sp³-hybridized carbons (Fsp3) is 0.500. The smallest absolute Gasteiger partial charge is 0.338 e. The van der Waals surface area contributed by atoms with Crippen LogP contribution in [-0.4, -0.2) is 24.2 Å². The fourth-order valence-corrected chi connectivity index (χ4v) is 3.32. The maximum Gasteiger partial charge on any atom is 0.338 e. The number of hydrogen-bond donors (Lipinski definition) is 1. The van der Waals surface area contributed by atoms with Crippen molar-refractivity contribution < 1.29 is 14.3 Å². The number of nitrogens with zero attached hydrogens (tertiary/aromatic N) is 1. The van der Waals surface area contributed by atoms with Crippen molar-refractivity contribution in [1.29, 1.82) is 0 Å². The zero-order valence-corrected chi connectivity index (χ0v) is 10.1. The summed E-state index contributed by atoms with van der Waals surface area (Å²) in [5.41, 5.74) is 0.560. The van der Waals surface area contributed by atoms with Gasteiger partial charge in [-0.3, -0.25) is 0 Å². The third-order valence-electron chi connectivity index (χ3n) is 4.27. The number of carbonyl (C=O) groups is 1. The second-order valence-electron chi connectivity index (χ2n) is 5.33. The molecule has 0 radical (unpaired) electrons. The summed E-state index contributed by atoms with van der Waals surface area (Å²) in [6.45, 7) is 1.97. The molecule has 1 heterocycles. The van der Waals surface area contributed by atoms with E-state index in [4.69, 9.17) is 5.11 Å². The van der Waals surface area contributed by atoms with Crippen LogP contribution in [0.3, 0.4) is 0 Å². The van der Waals surface area contributed by atoms with Crippen LogP contribution >= 0.6 is 0 Å². The first-order valence-corrected chi connectivity index (χ1v) is 6.43. The Bertz CT molecular complexity index is 477. The first-order valence-electron chi connectivity index (χ1n) is 6.43. The van der Waals surface area contributed by atoms with Gasteiger partial charge in [0.25, 0.3) is 0 Å². The van der Waals surface area contributed by atoms with E-state index in [-0.39, 0.29) is 5.56 Å². The van der Waals surface area contributed by atoms with E-state index in [2.05, 4.69) is 4.90 Å². The monoisotopic (exact) mass is 249 g/mol. The van der Waals surface area contributed by atoms with Crippen LogP contribution in [-0.2, 0) is 0 Å². The molecule has 1 aromatic rings. The molecule has 1 aromatic carbocycles. The van der Waals surface area contributed by atoms with Crippen molar-refractivity contribution in [1.82, 2.24) is 0 Å². The summed E-state index contributed by atoms with van der Waals surface area (Å²) in [6, 6.07) is 4.43. The average Bonchev–Trinajstić information content (AvgIpc) is 2.87. The average molecular weight is 249 g/mol. The second kappa shape index (κ2) is 4.26. The molecule has 18 heavy (non-hydrogen) atoms. The van der Waals surface area contributed by atoms with Crippen LogP contribution in [0.4, 0.5) is 10.1 Å². The number of carboxylic acid groups (broad SMARTS) is 1. The Morgan fingerprint density at radius 1 is 1.28 bits per heavy atom. The van der Waals surface area contributed by atoms with Crippen molar-refractivity contribution in [3.05, 3.63) is 29.6 Å². The molecule has 96 valence electrons. The van der Waals surface area contributed by atoms with E-state index in [0.717, 1.165) is 30.6 Å². The first kappa shape index (κ1) is 11.5. The predicted molar refractivity (Wildman–Crippen MR) is 66.4 cm³/mol. The van der Waals surface area contributed by atoms with Gasteiger partial charge in [-0.05, 0) is 42.9 Å². The predicted octanol–water partition coefficient (Wildman–Crippen LogP) is 2.76. The van der Waals surface area contributed by atoms with Gasteiger partial charge in [-0.1, -0.05) is 6.42 Å². The van der Waals surface area contributed by atoms with E-state index < -0.39 is 11.8 Å². The lowest BCUT2D eigenvalue weighted by molar-refractivity contribution is 0.0692. The zero-order valence-electron chi connectivity index (χ0n) is 10.1. The van der Waals surface area contributed by atoms with E-state index >= 15 is 0 Å². The lowest BCUT2D eigenvalue weighted by Crippen LogP contribution is -2.21. The number of halogens is 1. The van der Waals surface area contributed by atoms with Crippen molar-refractivity contribution in [2.75, 3.05) is 18.0 Å². The fourth-order valence-electron chi connectivity index (χ4n) is 3.32. The van der Waals surface area contributed by atoms with Gasteiger partial charge in [-0.2, -0.15) is 0 Å². The van der Waals surface area contributed by atoms with Gasteiger partial charge in [0.15, 0.2) is 0 Å². The molecule has 0 aromatic heterocycles. The molecule has 1 N–H and O–H groups in total. The van der Waals surface area contributed by atoms with Crippen molar-refractivity contribution in [2.24, 2.45) is 11.8 Å². The highest BCUT2D eigenvalue weighted by Crippen LogP contribution is 2.39.